The minimum Gasteiger partial charge on any atom is -0.312 e. The molecule has 0 heterocycles. The summed E-state index contributed by atoms with van der Waals surface area (Å²) in [5.41, 5.74) is 1.40. The third-order valence-corrected chi connectivity index (χ3v) is 4.38. The monoisotopic (exact) mass is 290 g/mol. The Hall–Kier alpha value is -0.860. The molecule has 0 aliphatic rings. The van der Waals surface area contributed by atoms with Crippen molar-refractivity contribution in [2.24, 2.45) is 0 Å². The van der Waals surface area contributed by atoms with Crippen LogP contribution in [0.1, 0.15) is 65.0 Å². The summed E-state index contributed by atoms with van der Waals surface area (Å²) in [4.78, 5) is 2.68. The van der Waals surface area contributed by atoms with Crippen molar-refractivity contribution < 1.29 is 0 Å². The number of likely N-dealkylation sites (N-methyl/N-ethyl adjacent to an activating group) is 1. The zero-order chi connectivity index (χ0) is 15.7. The van der Waals surface area contributed by atoms with Crippen LogP contribution in [-0.2, 0) is 0 Å². The second kappa shape index (κ2) is 9.97. The Morgan fingerprint density at radius 2 is 1.71 bits per heavy atom. The first kappa shape index (κ1) is 18.2. The minimum atomic E-state index is 0.403. The van der Waals surface area contributed by atoms with Crippen molar-refractivity contribution in [2.75, 3.05) is 13.6 Å². The zero-order valence-corrected chi connectivity index (χ0v) is 14.6. The molecule has 1 N–H and O–H groups in total. The molecule has 2 heteroatoms. The SMILES string of the molecule is CCCCCN(C(C)C)C(CC)C(NC)c1ccccc1. The summed E-state index contributed by atoms with van der Waals surface area (Å²) in [5, 5.41) is 3.55. The molecular formula is C19H34N2. The molecule has 2 nitrogen and oxygen atoms in total. The van der Waals surface area contributed by atoms with Gasteiger partial charge < -0.3 is 5.32 Å². The maximum absolute atomic E-state index is 3.55. The number of unbranched alkanes of at least 4 members (excludes halogenated alkanes) is 2. The number of nitrogens with zero attached hydrogens (tertiary/aromatic N) is 1. The van der Waals surface area contributed by atoms with Crippen LogP contribution >= 0.6 is 0 Å². The summed E-state index contributed by atoms with van der Waals surface area (Å²) in [6, 6.07) is 12.4. The van der Waals surface area contributed by atoms with Crippen LogP contribution in [0, 0.1) is 0 Å². The van der Waals surface area contributed by atoms with Crippen LogP contribution in [0.2, 0.25) is 0 Å². The quantitative estimate of drug-likeness (QED) is 0.632. The number of rotatable bonds is 10. The first-order chi connectivity index (χ1) is 10.2. The fraction of sp³-hybridized carbons (Fsp3) is 0.684. The molecule has 2 unspecified atom stereocenters. The van der Waals surface area contributed by atoms with Gasteiger partial charge in [0.25, 0.3) is 0 Å². The molecule has 0 aliphatic carbocycles. The van der Waals surface area contributed by atoms with Crippen LogP contribution in [0.15, 0.2) is 30.3 Å². The second-order valence-electron chi connectivity index (χ2n) is 6.19. The molecule has 2 atom stereocenters. The Morgan fingerprint density at radius 1 is 1.05 bits per heavy atom. The van der Waals surface area contributed by atoms with E-state index >= 15 is 0 Å². The normalized spacial score (nSPS) is 14.6. The van der Waals surface area contributed by atoms with Crippen molar-refractivity contribution in [3.05, 3.63) is 35.9 Å². The first-order valence-corrected chi connectivity index (χ1v) is 8.63. The molecule has 1 rings (SSSR count). The van der Waals surface area contributed by atoms with E-state index in [1.165, 1.54) is 37.8 Å². The average Bonchev–Trinajstić information content (AvgIpc) is 2.50. The maximum atomic E-state index is 3.55. The molecule has 21 heavy (non-hydrogen) atoms. The molecule has 1 aromatic rings. The highest BCUT2D eigenvalue weighted by Gasteiger charge is 2.27. The van der Waals surface area contributed by atoms with Gasteiger partial charge >= 0.3 is 0 Å². The van der Waals surface area contributed by atoms with Crippen LogP contribution in [0.4, 0.5) is 0 Å². The van der Waals surface area contributed by atoms with Gasteiger partial charge in [-0.2, -0.15) is 0 Å². The smallest absolute Gasteiger partial charge is 0.0475 e. The fourth-order valence-electron chi connectivity index (χ4n) is 3.25. The fourth-order valence-corrected chi connectivity index (χ4v) is 3.25. The summed E-state index contributed by atoms with van der Waals surface area (Å²) in [6.07, 6.45) is 5.09. The number of hydrogen-bond acceptors (Lipinski definition) is 2. The van der Waals surface area contributed by atoms with Crippen molar-refractivity contribution >= 4 is 0 Å². The van der Waals surface area contributed by atoms with Crippen molar-refractivity contribution in [3.8, 4) is 0 Å². The Bertz CT molecular complexity index is 361. The molecule has 0 amide bonds. The van der Waals surface area contributed by atoms with E-state index in [4.69, 9.17) is 0 Å². The highest BCUT2D eigenvalue weighted by atomic mass is 15.2. The summed E-state index contributed by atoms with van der Waals surface area (Å²) in [6.45, 7) is 10.4. The third-order valence-electron chi connectivity index (χ3n) is 4.38. The Labute approximate surface area is 131 Å². The van der Waals surface area contributed by atoms with Crippen LogP contribution in [-0.4, -0.2) is 30.6 Å². The van der Waals surface area contributed by atoms with Gasteiger partial charge in [0.2, 0.25) is 0 Å². The molecule has 0 saturated carbocycles. The van der Waals surface area contributed by atoms with Crippen molar-refractivity contribution in [3.63, 3.8) is 0 Å². The van der Waals surface area contributed by atoms with Gasteiger partial charge in [-0.3, -0.25) is 4.90 Å². The molecule has 0 radical (unpaired) electrons. The lowest BCUT2D eigenvalue weighted by Crippen LogP contribution is -2.47. The molecule has 120 valence electrons. The number of hydrogen-bond donors (Lipinski definition) is 1. The van der Waals surface area contributed by atoms with Gasteiger partial charge in [0.1, 0.15) is 0 Å². The van der Waals surface area contributed by atoms with Crippen LogP contribution in [0.5, 0.6) is 0 Å². The lowest BCUT2D eigenvalue weighted by molar-refractivity contribution is 0.116. The first-order valence-electron chi connectivity index (χ1n) is 8.63. The van der Waals surface area contributed by atoms with E-state index in [1.54, 1.807) is 0 Å². The van der Waals surface area contributed by atoms with Crippen molar-refractivity contribution in [1.29, 1.82) is 0 Å². The molecule has 0 saturated heterocycles. The minimum absolute atomic E-state index is 0.403. The average molecular weight is 290 g/mol. The van der Waals surface area contributed by atoms with Gasteiger partial charge in [0, 0.05) is 18.1 Å². The van der Waals surface area contributed by atoms with E-state index in [-0.39, 0.29) is 0 Å². The van der Waals surface area contributed by atoms with E-state index in [0.29, 0.717) is 18.1 Å². The summed E-state index contributed by atoms with van der Waals surface area (Å²) in [5.74, 6) is 0. The molecule has 0 spiro atoms. The molecule has 0 bridgehead atoms. The van der Waals surface area contributed by atoms with E-state index in [2.05, 4.69) is 75.3 Å². The predicted octanol–water partition coefficient (Wildman–Crippen LogP) is 4.63. The second-order valence-corrected chi connectivity index (χ2v) is 6.19. The number of nitrogens with one attached hydrogen (secondary N) is 1. The van der Waals surface area contributed by atoms with E-state index in [0.717, 1.165) is 0 Å². The van der Waals surface area contributed by atoms with Crippen molar-refractivity contribution in [1.82, 2.24) is 10.2 Å². The zero-order valence-electron chi connectivity index (χ0n) is 14.6. The van der Waals surface area contributed by atoms with Crippen LogP contribution < -0.4 is 5.32 Å². The van der Waals surface area contributed by atoms with E-state index < -0.39 is 0 Å². The Balaban J connectivity index is 2.88. The van der Waals surface area contributed by atoms with E-state index in [9.17, 15) is 0 Å². The molecule has 1 aromatic carbocycles. The highest BCUT2D eigenvalue weighted by Crippen LogP contribution is 2.25. The molecule has 0 aliphatic heterocycles. The molecule has 0 fully saturated rings. The van der Waals surface area contributed by atoms with E-state index in [1.807, 2.05) is 0 Å². The maximum Gasteiger partial charge on any atom is 0.0475 e. The highest BCUT2D eigenvalue weighted by molar-refractivity contribution is 5.20. The Morgan fingerprint density at radius 3 is 2.19 bits per heavy atom. The largest absolute Gasteiger partial charge is 0.312 e. The topological polar surface area (TPSA) is 15.3 Å². The molecular weight excluding hydrogens is 256 g/mol. The Kier molecular flexibility index (Phi) is 8.63. The van der Waals surface area contributed by atoms with Crippen molar-refractivity contribution in [2.45, 2.75) is 71.5 Å². The lowest BCUT2D eigenvalue weighted by atomic mass is 9.94. The predicted molar refractivity (Wildman–Crippen MR) is 93.7 cm³/mol. The standard InChI is InChI=1S/C19H34N2/c1-6-8-12-15-21(16(3)4)18(7-2)19(20-5)17-13-10-9-11-14-17/h9-11,13-14,16,18-20H,6-8,12,15H2,1-5H3. The van der Waals surface area contributed by atoms with Gasteiger partial charge in [-0.1, -0.05) is 57.0 Å². The lowest BCUT2D eigenvalue weighted by Gasteiger charge is -2.39. The third kappa shape index (κ3) is 5.44. The summed E-state index contributed by atoms with van der Waals surface area (Å²) < 4.78 is 0. The van der Waals surface area contributed by atoms with Gasteiger partial charge in [-0.15, -0.1) is 0 Å². The van der Waals surface area contributed by atoms with Crippen LogP contribution in [0.25, 0.3) is 0 Å². The summed E-state index contributed by atoms with van der Waals surface area (Å²) in [7, 11) is 2.09. The van der Waals surface area contributed by atoms with Gasteiger partial charge in [-0.25, -0.2) is 0 Å². The summed E-state index contributed by atoms with van der Waals surface area (Å²) >= 11 is 0. The number of benzene rings is 1. The van der Waals surface area contributed by atoms with Gasteiger partial charge in [-0.05, 0) is 45.8 Å². The van der Waals surface area contributed by atoms with Crippen LogP contribution in [0.3, 0.4) is 0 Å². The van der Waals surface area contributed by atoms with Gasteiger partial charge in [0.05, 0.1) is 0 Å². The molecule has 0 aromatic heterocycles. The van der Waals surface area contributed by atoms with Gasteiger partial charge in [0.15, 0.2) is 0 Å².